The molecule has 0 saturated carbocycles. The second-order valence-electron chi connectivity index (χ2n) is 2.84. The zero-order chi connectivity index (χ0) is 12.6. The van der Waals surface area contributed by atoms with Gasteiger partial charge in [0.25, 0.3) is 0 Å². The van der Waals surface area contributed by atoms with Crippen LogP contribution in [0.2, 0.25) is 0 Å². The van der Waals surface area contributed by atoms with Crippen molar-refractivity contribution in [2.24, 2.45) is 0 Å². The van der Waals surface area contributed by atoms with Crippen molar-refractivity contribution >= 4 is 31.2 Å². The Morgan fingerprint density at radius 2 is 1.31 bits per heavy atom. The Balaban J connectivity index is 0.000000325. The molecule has 0 amide bonds. The average molecular weight is 262 g/mol. The molecule has 16 heavy (non-hydrogen) atoms. The van der Waals surface area contributed by atoms with Gasteiger partial charge < -0.3 is 15.3 Å². The van der Waals surface area contributed by atoms with Crippen molar-refractivity contribution in [3.05, 3.63) is 35.4 Å². The zero-order valence-electron chi connectivity index (χ0n) is 8.45. The van der Waals surface area contributed by atoms with Crippen LogP contribution in [0.1, 0.15) is 11.1 Å². The van der Waals surface area contributed by atoms with Gasteiger partial charge in [0.1, 0.15) is 4.58 Å². The fourth-order valence-corrected chi connectivity index (χ4v) is 0.750. The molecule has 0 aromatic heterocycles. The number of thiol groups is 2. The van der Waals surface area contributed by atoms with Gasteiger partial charge in [-0.2, -0.15) is 25.3 Å². The van der Waals surface area contributed by atoms with Crippen LogP contribution in [0.3, 0.4) is 0 Å². The molecule has 0 fully saturated rings. The Hall–Kier alpha value is -0.690. The van der Waals surface area contributed by atoms with Crippen LogP contribution in [-0.4, -0.2) is 25.9 Å². The number of benzene rings is 1. The molecule has 90 valence electrons. The van der Waals surface area contributed by atoms with Gasteiger partial charge in [-0.15, -0.1) is 0 Å². The van der Waals surface area contributed by atoms with Gasteiger partial charge in [-0.05, 0) is 11.1 Å². The number of aliphatic carboxylic acids is 1. The molecule has 0 aliphatic heterocycles. The highest BCUT2D eigenvalue weighted by molar-refractivity contribution is 8.00. The van der Waals surface area contributed by atoms with E-state index in [9.17, 15) is 4.79 Å². The van der Waals surface area contributed by atoms with E-state index < -0.39 is 10.6 Å². The first-order valence-corrected chi connectivity index (χ1v) is 5.43. The molecule has 4 nitrogen and oxygen atoms in total. The number of aliphatic hydroxyl groups is 2. The number of hydrogen-bond donors (Lipinski definition) is 5. The summed E-state index contributed by atoms with van der Waals surface area (Å²) in [7, 11) is 0. The second-order valence-corrected chi connectivity index (χ2v) is 4.28. The standard InChI is InChI=1S/C8H10O2.C2H4O2S2/c9-5-7-1-2-8(6-10)4-3-7;3-1(4)2(5)6/h1-4,9-10H,5-6H2;2,5-6H,(H,3,4). The van der Waals surface area contributed by atoms with E-state index in [0.29, 0.717) is 0 Å². The normalized spacial score (nSPS) is 9.56. The summed E-state index contributed by atoms with van der Waals surface area (Å²) in [6.07, 6.45) is 0. The third kappa shape index (κ3) is 6.73. The molecule has 0 bridgehead atoms. The van der Waals surface area contributed by atoms with Crippen LogP contribution in [0.5, 0.6) is 0 Å². The minimum atomic E-state index is -1.01. The molecular weight excluding hydrogens is 248 g/mol. The Kier molecular flexibility index (Phi) is 8.10. The van der Waals surface area contributed by atoms with Crippen molar-refractivity contribution in [1.29, 1.82) is 0 Å². The highest BCUT2D eigenvalue weighted by Crippen LogP contribution is 2.03. The molecule has 1 aromatic rings. The molecule has 0 radical (unpaired) electrons. The van der Waals surface area contributed by atoms with E-state index in [2.05, 4.69) is 25.3 Å². The molecule has 1 aromatic carbocycles. The molecule has 1 rings (SSSR count). The van der Waals surface area contributed by atoms with Crippen molar-refractivity contribution in [2.75, 3.05) is 0 Å². The van der Waals surface area contributed by atoms with Crippen LogP contribution in [0.15, 0.2) is 24.3 Å². The largest absolute Gasteiger partial charge is 0.480 e. The molecule has 0 heterocycles. The van der Waals surface area contributed by atoms with Crippen LogP contribution < -0.4 is 0 Å². The third-order valence-corrected chi connectivity index (χ3v) is 2.05. The van der Waals surface area contributed by atoms with Crippen LogP contribution >= 0.6 is 25.3 Å². The number of rotatable bonds is 3. The molecule has 0 aliphatic rings. The number of carboxylic acid groups (broad SMARTS) is 1. The summed E-state index contributed by atoms with van der Waals surface area (Å²) in [5, 5.41) is 25.1. The molecule has 6 heteroatoms. The van der Waals surface area contributed by atoms with Crippen LogP contribution in [-0.2, 0) is 18.0 Å². The van der Waals surface area contributed by atoms with Gasteiger partial charge in [0.05, 0.1) is 13.2 Å². The summed E-state index contributed by atoms with van der Waals surface area (Å²) in [5.74, 6) is -1.01. The lowest BCUT2D eigenvalue weighted by Gasteiger charge is -1.96. The topological polar surface area (TPSA) is 77.8 Å². The number of carbonyl (C=O) groups is 1. The Bertz CT molecular complexity index is 288. The lowest BCUT2D eigenvalue weighted by molar-refractivity contribution is -0.134. The van der Waals surface area contributed by atoms with Gasteiger partial charge in [0.2, 0.25) is 0 Å². The lowest BCUT2D eigenvalue weighted by atomic mass is 10.1. The van der Waals surface area contributed by atoms with E-state index in [1.54, 1.807) is 24.3 Å². The Labute approximate surface area is 105 Å². The predicted molar refractivity (Wildman–Crippen MR) is 67.7 cm³/mol. The minimum absolute atomic E-state index is 0.0612. The Morgan fingerprint density at radius 3 is 1.44 bits per heavy atom. The second kappa shape index (κ2) is 8.46. The fourth-order valence-electron chi connectivity index (χ4n) is 0.750. The Morgan fingerprint density at radius 1 is 1.06 bits per heavy atom. The first kappa shape index (κ1) is 15.3. The highest BCUT2D eigenvalue weighted by atomic mass is 32.2. The summed E-state index contributed by atoms with van der Waals surface area (Å²) in [6, 6.07) is 7.19. The molecule has 0 spiro atoms. The van der Waals surface area contributed by atoms with Gasteiger partial charge in [0, 0.05) is 0 Å². The van der Waals surface area contributed by atoms with Gasteiger partial charge >= 0.3 is 5.97 Å². The van der Waals surface area contributed by atoms with E-state index >= 15 is 0 Å². The maximum atomic E-state index is 9.55. The quantitative estimate of drug-likeness (QED) is 0.415. The predicted octanol–water partition coefficient (Wildman–Crippen LogP) is 0.928. The smallest absolute Gasteiger partial charge is 0.326 e. The minimum Gasteiger partial charge on any atom is -0.480 e. The van der Waals surface area contributed by atoms with Gasteiger partial charge in [-0.1, -0.05) is 24.3 Å². The molecule has 3 N–H and O–H groups in total. The molecule has 0 atom stereocenters. The van der Waals surface area contributed by atoms with Crippen LogP contribution in [0, 0.1) is 0 Å². The first-order valence-electron chi connectivity index (χ1n) is 4.39. The van der Waals surface area contributed by atoms with Gasteiger partial charge in [-0.25, -0.2) is 0 Å². The lowest BCUT2D eigenvalue weighted by Crippen LogP contribution is -2.04. The molecule has 0 aliphatic carbocycles. The molecule has 0 saturated heterocycles. The van der Waals surface area contributed by atoms with Crippen molar-refractivity contribution in [1.82, 2.24) is 0 Å². The summed E-state index contributed by atoms with van der Waals surface area (Å²) < 4.78 is -0.843. The summed E-state index contributed by atoms with van der Waals surface area (Å²) in [5.41, 5.74) is 1.74. The van der Waals surface area contributed by atoms with E-state index in [1.165, 1.54) is 0 Å². The van der Waals surface area contributed by atoms with Crippen molar-refractivity contribution in [3.63, 3.8) is 0 Å². The summed E-state index contributed by atoms with van der Waals surface area (Å²) >= 11 is 6.92. The van der Waals surface area contributed by atoms with Crippen molar-refractivity contribution < 1.29 is 20.1 Å². The third-order valence-electron chi connectivity index (χ3n) is 1.61. The van der Waals surface area contributed by atoms with E-state index in [4.69, 9.17) is 15.3 Å². The number of hydrogen-bond acceptors (Lipinski definition) is 5. The number of carboxylic acids is 1. The summed E-state index contributed by atoms with van der Waals surface area (Å²) in [6.45, 7) is 0.122. The first-order chi connectivity index (χ1) is 7.51. The van der Waals surface area contributed by atoms with Crippen LogP contribution in [0.4, 0.5) is 0 Å². The van der Waals surface area contributed by atoms with E-state index in [0.717, 1.165) is 11.1 Å². The number of aliphatic hydroxyl groups excluding tert-OH is 2. The zero-order valence-corrected chi connectivity index (χ0v) is 10.2. The van der Waals surface area contributed by atoms with Crippen molar-refractivity contribution in [2.45, 2.75) is 17.8 Å². The maximum Gasteiger partial charge on any atom is 0.326 e. The SMILES string of the molecule is O=C(O)C(S)S.OCc1ccc(CO)cc1. The van der Waals surface area contributed by atoms with Crippen LogP contribution in [0.25, 0.3) is 0 Å². The molecular formula is C10H14O4S2. The maximum absolute atomic E-state index is 9.55. The summed E-state index contributed by atoms with van der Waals surface area (Å²) in [4.78, 5) is 9.55. The molecule has 0 unspecified atom stereocenters. The average Bonchev–Trinajstić information content (AvgIpc) is 2.30. The monoisotopic (exact) mass is 262 g/mol. The van der Waals surface area contributed by atoms with E-state index in [1.807, 2.05) is 0 Å². The van der Waals surface area contributed by atoms with E-state index in [-0.39, 0.29) is 13.2 Å². The van der Waals surface area contributed by atoms with Gasteiger partial charge in [-0.3, -0.25) is 4.79 Å². The fraction of sp³-hybridized carbons (Fsp3) is 0.300. The highest BCUT2D eigenvalue weighted by Gasteiger charge is 2.01. The van der Waals surface area contributed by atoms with Gasteiger partial charge in [0.15, 0.2) is 0 Å². The van der Waals surface area contributed by atoms with Crippen molar-refractivity contribution in [3.8, 4) is 0 Å².